The van der Waals surface area contributed by atoms with Gasteiger partial charge in [0.25, 0.3) is 0 Å². The molecule has 14 heavy (non-hydrogen) atoms. The summed E-state index contributed by atoms with van der Waals surface area (Å²) in [5, 5.41) is 26.3. The molecule has 1 atom stereocenters. The maximum absolute atomic E-state index is 13.1. The zero-order chi connectivity index (χ0) is 10.9. The predicted molar refractivity (Wildman–Crippen MR) is 46.8 cm³/mol. The highest BCUT2D eigenvalue weighted by atomic mass is 19.2. The van der Waals surface area contributed by atoms with Gasteiger partial charge in [-0.2, -0.15) is 0 Å². The molecule has 3 nitrogen and oxygen atoms in total. The summed E-state index contributed by atoms with van der Waals surface area (Å²) in [5.74, 6) is -2.61. The van der Waals surface area contributed by atoms with Gasteiger partial charge in [-0.25, -0.2) is 8.78 Å². The summed E-state index contributed by atoms with van der Waals surface area (Å²) in [6.45, 7) is 1.28. The Morgan fingerprint density at radius 2 is 1.79 bits per heavy atom. The summed E-state index contributed by atoms with van der Waals surface area (Å²) in [6.07, 6.45) is -1.14. The minimum Gasteiger partial charge on any atom is -0.423 e. The Labute approximate surface area is 79.8 Å². The first-order valence-electron chi connectivity index (χ1n) is 3.97. The lowest BCUT2D eigenvalue weighted by Crippen LogP contribution is -2.34. The van der Waals surface area contributed by atoms with E-state index in [0.29, 0.717) is 0 Å². The molecule has 0 saturated heterocycles. The van der Waals surface area contributed by atoms with E-state index >= 15 is 0 Å². The molecule has 0 amide bonds. The van der Waals surface area contributed by atoms with Gasteiger partial charge in [0.15, 0.2) is 11.6 Å². The Balaban J connectivity index is 3.26. The van der Waals surface area contributed by atoms with Crippen molar-refractivity contribution in [2.24, 2.45) is 0 Å². The van der Waals surface area contributed by atoms with Crippen molar-refractivity contribution < 1.29 is 23.9 Å². The molecule has 6 heteroatoms. The van der Waals surface area contributed by atoms with Crippen LogP contribution in [0.2, 0.25) is 0 Å². The van der Waals surface area contributed by atoms with Gasteiger partial charge in [-0.05, 0) is 6.92 Å². The first kappa shape index (κ1) is 11.1. The van der Waals surface area contributed by atoms with Crippen LogP contribution in [0.4, 0.5) is 8.78 Å². The van der Waals surface area contributed by atoms with E-state index < -0.39 is 30.3 Å². The van der Waals surface area contributed by atoms with Crippen molar-refractivity contribution in [3.63, 3.8) is 0 Å². The molecule has 3 N–H and O–H groups in total. The lowest BCUT2D eigenvalue weighted by molar-refractivity contribution is 0.193. The molecule has 76 valence electrons. The second-order valence-corrected chi connectivity index (χ2v) is 2.92. The maximum atomic E-state index is 13.1. The zero-order valence-corrected chi connectivity index (χ0v) is 7.41. The molecule has 0 fully saturated rings. The standard InChI is InChI=1S/C8H9BF2O3/c1-4(12)5-2-3-6(9(13)14)8(11)7(5)10/h2-4,12-14H,1H3. The van der Waals surface area contributed by atoms with E-state index in [0.717, 1.165) is 12.1 Å². The molecular formula is C8H9BF2O3. The largest absolute Gasteiger partial charge is 0.491 e. The Morgan fingerprint density at radius 1 is 1.21 bits per heavy atom. The summed E-state index contributed by atoms with van der Waals surface area (Å²) in [6, 6.07) is 2.13. The third-order valence-electron chi connectivity index (χ3n) is 1.87. The summed E-state index contributed by atoms with van der Waals surface area (Å²) < 4.78 is 26.2. The van der Waals surface area contributed by atoms with E-state index in [4.69, 9.17) is 15.2 Å². The monoisotopic (exact) mass is 202 g/mol. The van der Waals surface area contributed by atoms with Gasteiger partial charge in [0, 0.05) is 11.0 Å². The van der Waals surface area contributed by atoms with Crippen LogP contribution < -0.4 is 5.46 Å². The van der Waals surface area contributed by atoms with Gasteiger partial charge in [-0.15, -0.1) is 0 Å². The molecule has 0 bridgehead atoms. The number of hydrogen-bond acceptors (Lipinski definition) is 3. The quantitative estimate of drug-likeness (QED) is 0.577. The normalized spacial score (nSPS) is 12.7. The summed E-state index contributed by atoms with van der Waals surface area (Å²) in [5.41, 5.74) is -0.765. The minimum atomic E-state index is -2.06. The predicted octanol–water partition coefficient (Wildman–Crippen LogP) is -0.302. The molecule has 0 aromatic heterocycles. The second-order valence-electron chi connectivity index (χ2n) is 2.92. The van der Waals surface area contributed by atoms with Crippen molar-refractivity contribution in [1.82, 2.24) is 0 Å². The van der Waals surface area contributed by atoms with Crippen molar-refractivity contribution in [1.29, 1.82) is 0 Å². The fraction of sp³-hybridized carbons (Fsp3) is 0.250. The molecule has 1 rings (SSSR count). The molecule has 0 aliphatic heterocycles. The lowest BCUT2D eigenvalue weighted by atomic mass is 9.79. The highest BCUT2D eigenvalue weighted by Gasteiger charge is 2.22. The summed E-state index contributed by atoms with van der Waals surface area (Å²) >= 11 is 0. The lowest BCUT2D eigenvalue weighted by Gasteiger charge is -2.09. The molecule has 0 heterocycles. The number of hydrogen-bond donors (Lipinski definition) is 3. The van der Waals surface area contributed by atoms with Crippen LogP contribution >= 0.6 is 0 Å². The number of halogens is 2. The Bertz CT molecular complexity index is 309. The third kappa shape index (κ3) is 1.92. The molecule has 0 saturated carbocycles. The Kier molecular flexibility index (Phi) is 3.20. The average molecular weight is 202 g/mol. The number of aliphatic hydroxyl groups is 1. The van der Waals surface area contributed by atoms with Crippen LogP contribution in [0.5, 0.6) is 0 Å². The first-order chi connectivity index (χ1) is 6.45. The van der Waals surface area contributed by atoms with E-state index in [9.17, 15) is 8.78 Å². The van der Waals surface area contributed by atoms with Crippen LogP contribution in [0.25, 0.3) is 0 Å². The Morgan fingerprint density at radius 3 is 2.21 bits per heavy atom. The van der Waals surface area contributed by atoms with Gasteiger partial charge in [0.2, 0.25) is 0 Å². The Hall–Kier alpha value is -0.975. The SMILES string of the molecule is CC(O)c1ccc(B(O)O)c(F)c1F. The van der Waals surface area contributed by atoms with Crippen LogP contribution in [0.15, 0.2) is 12.1 Å². The molecule has 1 aromatic rings. The van der Waals surface area contributed by atoms with Gasteiger partial charge in [-0.1, -0.05) is 12.1 Å². The van der Waals surface area contributed by atoms with E-state index in [1.807, 2.05) is 0 Å². The van der Waals surface area contributed by atoms with Crippen molar-refractivity contribution in [3.8, 4) is 0 Å². The van der Waals surface area contributed by atoms with Crippen LogP contribution in [-0.4, -0.2) is 22.3 Å². The van der Waals surface area contributed by atoms with Crippen molar-refractivity contribution >= 4 is 12.6 Å². The first-order valence-corrected chi connectivity index (χ1v) is 3.97. The third-order valence-corrected chi connectivity index (χ3v) is 1.87. The number of benzene rings is 1. The van der Waals surface area contributed by atoms with Crippen LogP contribution in [0, 0.1) is 11.6 Å². The van der Waals surface area contributed by atoms with Crippen molar-refractivity contribution in [2.45, 2.75) is 13.0 Å². The molecule has 0 spiro atoms. The highest BCUT2D eigenvalue weighted by Crippen LogP contribution is 2.17. The van der Waals surface area contributed by atoms with Gasteiger partial charge in [0.1, 0.15) is 0 Å². The van der Waals surface area contributed by atoms with Gasteiger partial charge in [-0.3, -0.25) is 0 Å². The molecular weight excluding hydrogens is 193 g/mol. The van der Waals surface area contributed by atoms with Gasteiger partial charge >= 0.3 is 7.12 Å². The maximum Gasteiger partial charge on any atom is 0.491 e. The smallest absolute Gasteiger partial charge is 0.423 e. The molecule has 0 aliphatic carbocycles. The van der Waals surface area contributed by atoms with Crippen LogP contribution in [0.3, 0.4) is 0 Å². The summed E-state index contributed by atoms with van der Waals surface area (Å²) in [7, 11) is -2.06. The van der Waals surface area contributed by atoms with E-state index in [1.54, 1.807) is 0 Å². The van der Waals surface area contributed by atoms with Crippen molar-refractivity contribution in [3.05, 3.63) is 29.3 Å². The zero-order valence-electron chi connectivity index (χ0n) is 7.41. The minimum absolute atomic E-state index is 0.216. The molecule has 0 aliphatic rings. The highest BCUT2D eigenvalue weighted by molar-refractivity contribution is 6.58. The fourth-order valence-corrected chi connectivity index (χ4v) is 1.10. The molecule has 1 unspecified atom stereocenters. The second kappa shape index (κ2) is 4.04. The van der Waals surface area contributed by atoms with Gasteiger partial charge in [0.05, 0.1) is 6.10 Å². The van der Waals surface area contributed by atoms with E-state index in [-0.39, 0.29) is 5.56 Å². The van der Waals surface area contributed by atoms with Crippen LogP contribution in [0.1, 0.15) is 18.6 Å². The van der Waals surface area contributed by atoms with Gasteiger partial charge < -0.3 is 15.2 Å². The topological polar surface area (TPSA) is 60.7 Å². The molecule has 0 radical (unpaired) electrons. The van der Waals surface area contributed by atoms with E-state index in [1.165, 1.54) is 6.92 Å². The number of aliphatic hydroxyl groups excluding tert-OH is 1. The summed E-state index contributed by atoms with van der Waals surface area (Å²) in [4.78, 5) is 0. The molecule has 1 aromatic carbocycles. The van der Waals surface area contributed by atoms with Crippen LogP contribution in [-0.2, 0) is 0 Å². The average Bonchev–Trinajstić information content (AvgIpc) is 2.08. The number of rotatable bonds is 2. The van der Waals surface area contributed by atoms with Crippen molar-refractivity contribution in [2.75, 3.05) is 0 Å². The van der Waals surface area contributed by atoms with E-state index in [2.05, 4.69) is 0 Å². The fourth-order valence-electron chi connectivity index (χ4n) is 1.10.